The minimum absolute atomic E-state index is 0.0516. The summed E-state index contributed by atoms with van der Waals surface area (Å²) in [4.78, 5) is 11.7. The third-order valence-electron chi connectivity index (χ3n) is 3.23. The summed E-state index contributed by atoms with van der Waals surface area (Å²) in [5.74, 6) is -0.732. The van der Waals surface area contributed by atoms with Crippen LogP contribution in [0, 0.1) is 13.8 Å². The van der Waals surface area contributed by atoms with Gasteiger partial charge in [-0.05, 0) is 32.9 Å². The zero-order valence-electron chi connectivity index (χ0n) is 12.6. The molecule has 0 saturated heterocycles. The van der Waals surface area contributed by atoms with Crippen molar-refractivity contribution in [3.8, 4) is 0 Å². The maximum absolute atomic E-state index is 12.4. The summed E-state index contributed by atoms with van der Waals surface area (Å²) in [6.07, 6.45) is 0. The summed E-state index contributed by atoms with van der Waals surface area (Å²) in [7, 11) is -3.81. The number of sulfonamides is 1. The number of carbonyl (C=O) groups is 1. The van der Waals surface area contributed by atoms with E-state index in [2.05, 4.69) is 9.82 Å². The van der Waals surface area contributed by atoms with Crippen LogP contribution in [0.5, 0.6) is 0 Å². The second-order valence-corrected chi connectivity index (χ2v) is 6.59. The van der Waals surface area contributed by atoms with E-state index in [-0.39, 0.29) is 16.3 Å². The fourth-order valence-electron chi connectivity index (χ4n) is 2.09. The summed E-state index contributed by atoms with van der Waals surface area (Å²) < 4.78 is 28.7. The van der Waals surface area contributed by atoms with Crippen molar-refractivity contribution in [3.63, 3.8) is 0 Å². The Hall–Kier alpha value is -2.35. The maximum Gasteiger partial charge on any atom is 0.269 e. The third-order valence-corrected chi connectivity index (χ3v) is 4.59. The predicted molar refractivity (Wildman–Crippen MR) is 83.1 cm³/mol. The molecular formula is C14H18N4O3S. The molecule has 8 heteroatoms. The van der Waals surface area contributed by atoms with Gasteiger partial charge >= 0.3 is 0 Å². The average molecular weight is 322 g/mol. The number of carbonyl (C=O) groups excluding carboxylic acids is 1. The summed E-state index contributed by atoms with van der Waals surface area (Å²) in [6.45, 7) is 5.68. The van der Waals surface area contributed by atoms with E-state index in [1.54, 1.807) is 26.0 Å². The molecule has 118 valence electrons. The van der Waals surface area contributed by atoms with Crippen LogP contribution in [0.3, 0.4) is 0 Å². The zero-order chi connectivity index (χ0) is 16.5. The van der Waals surface area contributed by atoms with E-state index in [1.807, 2.05) is 6.92 Å². The molecule has 1 aromatic carbocycles. The van der Waals surface area contributed by atoms with Crippen molar-refractivity contribution < 1.29 is 13.2 Å². The highest BCUT2D eigenvalue weighted by atomic mass is 32.2. The number of hydrogen-bond donors (Lipinski definition) is 2. The molecule has 0 spiro atoms. The van der Waals surface area contributed by atoms with Gasteiger partial charge in [-0.2, -0.15) is 5.10 Å². The number of hydrogen-bond acceptors (Lipinski definition) is 4. The van der Waals surface area contributed by atoms with E-state index in [1.165, 1.54) is 16.8 Å². The van der Waals surface area contributed by atoms with Crippen LogP contribution in [-0.2, 0) is 16.6 Å². The molecule has 1 aromatic heterocycles. The van der Waals surface area contributed by atoms with E-state index < -0.39 is 15.9 Å². The molecular weight excluding hydrogens is 304 g/mol. The smallest absolute Gasteiger partial charge is 0.269 e. The summed E-state index contributed by atoms with van der Waals surface area (Å²) in [5.41, 5.74) is 6.86. The van der Waals surface area contributed by atoms with Gasteiger partial charge in [-0.15, -0.1) is 0 Å². The quantitative estimate of drug-likeness (QED) is 0.868. The van der Waals surface area contributed by atoms with Crippen molar-refractivity contribution in [2.45, 2.75) is 32.2 Å². The largest absolute Gasteiger partial charge is 0.364 e. The Morgan fingerprint density at radius 1 is 1.27 bits per heavy atom. The van der Waals surface area contributed by atoms with Crippen molar-refractivity contribution in [2.75, 3.05) is 4.72 Å². The summed E-state index contributed by atoms with van der Waals surface area (Å²) >= 11 is 0. The first-order valence-electron chi connectivity index (χ1n) is 6.73. The highest BCUT2D eigenvalue weighted by molar-refractivity contribution is 7.92. The fraction of sp³-hybridized carbons (Fsp3) is 0.286. The van der Waals surface area contributed by atoms with Crippen LogP contribution in [-0.4, -0.2) is 24.1 Å². The molecule has 0 radical (unpaired) electrons. The minimum atomic E-state index is -3.81. The lowest BCUT2D eigenvalue weighted by Crippen LogP contribution is -2.21. The summed E-state index contributed by atoms with van der Waals surface area (Å²) in [6, 6.07) is 6.40. The number of nitrogens with one attached hydrogen (secondary N) is 1. The molecule has 2 rings (SSSR count). The predicted octanol–water partition coefficient (Wildman–Crippen LogP) is 1.42. The van der Waals surface area contributed by atoms with Gasteiger partial charge in [-0.3, -0.25) is 14.2 Å². The van der Waals surface area contributed by atoms with Crippen LogP contribution in [0.4, 0.5) is 5.69 Å². The van der Waals surface area contributed by atoms with Crippen LogP contribution >= 0.6 is 0 Å². The first-order valence-corrected chi connectivity index (χ1v) is 8.21. The summed E-state index contributed by atoms with van der Waals surface area (Å²) in [5, 5.41) is 4.13. The number of nitrogens with two attached hydrogens (primary N) is 1. The zero-order valence-corrected chi connectivity index (χ0v) is 13.4. The van der Waals surface area contributed by atoms with Crippen LogP contribution in [0.1, 0.15) is 28.7 Å². The lowest BCUT2D eigenvalue weighted by molar-refractivity contribution is 0.0991. The van der Waals surface area contributed by atoms with Crippen molar-refractivity contribution in [1.29, 1.82) is 0 Å². The molecule has 7 nitrogen and oxygen atoms in total. The first-order chi connectivity index (χ1) is 10.3. The number of aromatic nitrogens is 2. The molecule has 0 saturated carbocycles. The molecule has 0 atom stereocenters. The van der Waals surface area contributed by atoms with E-state index in [9.17, 15) is 13.2 Å². The average Bonchev–Trinajstić information content (AvgIpc) is 2.75. The molecule has 0 unspecified atom stereocenters. The molecule has 22 heavy (non-hydrogen) atoms. The van der Waals surface area contributed by atoms with Gasteiger partial charge in [-0.25, -0.2) is 8.42 Å². The van der Waals surface area contributed by atoms with Gasteiger partial charge in [0.15, 0.2) is 0 Å². The van der Waals surface area contributed by atoms with Crippen molar-refractivity contribution in [1.82, 2.24) is 9.78 Å². The molecule has 0 bridgehead atoms. The Kier molecular flexibility index (Phi) is 4.23. The second kappa shape index (κ2) is 5.80. The number of amides is 1. The van der Waals surface area contributed by atoms with Crippen molar-refractivity contribution >= 4 is 21.6 Å². The molecule has 0 aliphatic carbocycles. The maximum atomic E-state index is 12.4. The Morgan fingerprint density at radius 3 is 2.36 bits per heavy atom. The highest BCUT2D eigenvalue weighted by Crippen LogP contribution is 2.24. The number of benzene rings is 1. The fourth-order valence-corrected chi connectivity index (χ4v) is 3.22. The van der Waals surface area contributed by atoms with Crippen molar-refractivity contribution in [2.24, 2.45) is 5.73 Å². The highest BCUT2D eigenvalue weighted by Gasteiger charge is 2.24. The number of aryl methyl sites for hydroxylation is 3. The van der Waals surface area contributed by atoms with Crippen molar-refractivity contribution in [3.05, 3.63) is 41.2 Å². The monoisotopic (exact) mass is 322 g/mol. The number of anilines is 1. The van der Waals surface area contributed by atoms with Gasteiger partial charge < -0.3 is 5.73 Å². The second-order valence-electron chi connectivity index (χ2n) is 4.91. The molecule has 0 fully saturated rings. The van der Waals surface area contributed by atoms with Gasteiger partial charge in [-0.1, -0.05) is 17.7 Å². The molecule has 1 heterocycles. The van der Waals surface area contributed by atoms with Gasteiger partial charge in [0, 0.05) is 6.54 Å². The first kappa shape index (κ1) is 16.0. The molecule has 0 aliphatic heterocycles. The molecule has 3 N–H and O–H groups in total. The Bertz CT molecular complexity index is 807. The lowest BCUT2D eigenvalue weighted by Gasteiger charge is -2.09. The van der Waals surface area contributed by atoms with Crippen LogP contribution < -0.4 is 10.5 Å². The van der Waals surface area contributed by atoms with Gasteiger partial charge in [0.25, 0.3) is 15.9 Å². The van der Waals surface area contributed by atoms with E-state index >= 15 is 0 Å². The SMILES string of the molecule is CCn1nc(C)c(NS(=O)(=O)c2ccc(C)cc2)c1C(N)=O. The van der Waals surface area contributed by atoms with E-state index in [0.717, 1.165) is 5.56 Å². The topological polar surface area (TPSA) is 107 Å². The molecule has 2 aromatic rings. The van der Waals surface area contributed by atoms with E-state index in [0.29, 0.717) is 12.2 Å². The standard InChI is InChI=1S/C14H18N4O3S/c1-4-18-13(14(15)19)12(10(3)16-18)17-22(20,21)11-7-5-9(2)6-8-11/h5-8,17H,4H2,1-3H3,(H2,15,19). The number of nitrogens with zero attached hydrogens (tertiary/aromatic N) is 2. The Morgan fingerprint density at radius 2 is 1.86 bits per heavy atom. The number of rotatable bonds is 5. The Labute approximate surface area is 129 Å². The third kappa shape index (κ3) is 2.96. The molecule has 0 aliphatic rings. The van der Waals surface area contributed by atoms with E-state index in [4.69, 9.17) is 5.73 Å². The Balaban J connectivity index is 2.48. The molecule has 1 amide bonds. The number of primary amides is 1. The van der Waals surface area contributed by atoms with Gasteiger partial charge in [0.05, 0.1) is 10.6 Å². The minimum Gasteiger partial charge on any atom is -0.364 e. The normalized spacial score (nSPS) is 11.4. The van der Waals surface area contributed by atoms with Gasteiger partial charge in [0.2, 0.25) is 0 Å². The van der Waals surface area contributed by atoms with Gasteiger partial charge in [0.1, 0.15) is 11.4 Å². The van der Waals surface area contributed by atoms with Crippen LogP contribution in [0.15, 0.2) is 29.2 Å². The lowest BCUT2D eigenvalue weighted by atomic mass is 10.2. The van der Waals surface area contributed by atoms with Crippen LogP contribution in [0.25, 0.3) is 0 Å². The van der Waals surface area contributed by atoms with Crippen LogP contribution in [0.2, 0.25) is 0 Å².